The molecule has 1 N–H and O–H groups in total. The molecule has 1 fully saturated rings. The molecule has 1 aliphatic rings. The van der Waals surface area contributed by atoms with Gasteiger partial charge in [0.2, 0.25) is 0 Å². The van der Waals surface area contributed by atoms with Crippen LogP contribution in [0.1, 0.15) is 5.56 Å². The van der Waals surface area contributed by atoms with Gasteiger partial charge in [0.05, 0.1) is 0 Å². The molecule has 1 aromatic carbocycles. The second-order valence-corrected chi connectivity index (χ2v) is 3.63. The molecule has 0 spiro atoms. The van der Waals surface area contributed by atoms with Gasteiger partial charge in [0.15, 0.2) is 5.67 Å². The summed E-state index contributed by atoms with van der Waals surface area (Å²) in [6.45, 7) is 0.344. The molecule has 0 aromatic heterocycles. The summed E-state index contributed by atoms with van der Waals surface area (Å²) in [6, 6.07) is 4.04. The van der Waals surface area contributed by atoms with E-state index in [0.29, 0.717) is 0 Å². The van der Waals surface area contributed by atoms with Crippen LogP contribution < -0.4 is 5.32 Å². The third-order valence-corrected chi connectivity index (χ3v) is 2.46. The summed E-state index contributed by atoms with van der Waals surface area (Å²) in [4.78, 5) is 0. The van der Waals surface area contributed by atoms with Gasteiger partial charge in [-0.3, -0.25) is 0 Å². The molecule has 0 atom stereocenters. The zero-order valence-electron chi connectivity index (χ0n) is 6.78. The minimum absolute atomic E-state index is 0.0932. The van der Waals surface area contributed by atoms with Crippen molar-refractivity contribution >= 4 is 11.6 Å². The standard InChI is InChI=1S/C9H8ClF2N/c10-6-1-2-7(8(11)3-6)9(12)4-13-5-9/h1-3,13H,4-5H2. The highest BCUT2D eigenvalue weighted by Crippen LogP contribution is 2.32. The summed E-state index contributed by atoms with van der Waals surface area (Å²) in [5.41, 5.74) is -1.45. The Hall–Kier alpha value is -0.670. The van der Waals surface area contributed by atoms with Gasteiger partial charge >= 0.3 is 0 Å². The topological polar surface area (TPSA) is 12.0 Å². The van der Waals surface area contributed by atoms with Gasteiger partial charge in [0.1, 0.15) is 5.82 Å². The second kappa shape index (κ2) is 2.93. The van der Waals surface area contributed by atoms with Gasteiger partial charge in [-0.2, -0.15) is 0 Å². The lowest BCUT2D eigenvalue weighted by Crippen LogP contribution is -2.54. The molecule has 13 heavy (non-hydrogen) atoms. The summed E-state index contributed by atoms with van der Waals surface area (Å²) in [5, 5.41) is 3.06. The second-order valence-electron chi connectivity index (χ2n) is 3.19. The van der Waals surface area contributed by atoms with E-state index >= 15 is 0 Å². The van der Waals surface area contributed by atoms with Gasteiger partial charge in [-0.1, -0.05) is 17.7 Å². The van der Waals surface area contributed by atoms with Crippen molar-refractivity contribution < 1.29 is 8.78 Å². The van der Waals surface area contributed by atoms with E-state index < -0.39 is 11.5 Å². The molecule has 1 aliphatic heterocycles. The molecular formula is C9H8ClF2N. The monoisotopic (exact) mass is 203 g/mol. The molecule has 1 heterocycles. The maximum atomic E-state index is 13.7. The average Bonchev–Trinajstić information content (AvgIpc) is 2.00. The van der Waals surface area contributed by atoms with Crippen molar-refractivity contribution in [3.63, 3.8) is 0 Å². The van der Waals surface area contributed by atoms with E-state index in [0.717, 1.165) is 6.07 Å². The van der Waals surface area contributed by atoms with Crippen molar-refractivity contribution in [1.82, 2.24) is 5.32 Å². The SMILES string of the molecule is Fc1cc(Cl)ccc1C1(F)CNC1. The number of halogens is 3. The molecule has 0 amide bonds. The Bertz CT molecular complexity index is 336. The lowest BCUT2D eigenvalue weighted by molar-refractivity contribution is 0.0847. The van der Waals surface area contributed by atoms with E-state index in [4.69, 9.17) is 11.6 Å². The van der Waals surface area contributed by atoms with Gasteiger partial charge in [-0.05, 0) is 12.1 Å². The molecular weight excluding hydrogens is 196 g/mol. The Balaban J connectivity index is 2.40. The van der Waals surface area contributed by atoms with Crippen molar-refractivity contribution in [1.29, 1.82) is 0 Å². The highest BCUT2D eigenvalue weighted by molar-refractivity contribution is 6.30. The summed E-state index contributed by atoms with van der Waals surface area (Å²) >= 11 is 5.55. The Morgan fingerprint density at radius 1 is 1.38 bits per heavy atom. The van der Waals surface area contributed by atoms with Crippen LogP contribution in [0.5, 0.6) is 0 Å². The Labute approximate surface area is 79.7 Å². The van der Waals surface area contributed by atoms with Gasteiger partial charge in [-0.15, -0.1) is 0 Å². The smallest absolute Gasteiger partial charge is 0.163 e. The quantitative estimate of drug-likeness (QED) is 0.738. The molecule has 0 bridgehead atoms. The van der Waals surface area contributed by atoms with Crippen molar-refractivity contribution in [3.8, 4) is 0 Å². The van der Waals surface area contributed by atoms with Crippen molar-refractivity contribution in [2.75, 3.05) is 13.1 Å². The zero-order valence-corrected chi connectivity index (χ0v) is 7.54. The number of benzene rings is 1. The van der Waals surface area contributed by atoms with Crippen LogP contribution in [-0.2, 0) is 5.67 Å². The molecule has 0 radical (unpaired) electrons. The number of hydrogen-bond acceptors (Lipinski definition) is 1. The van der Waals surface area contributed by atoms with E-state index in [1.807, 2.05) is 0 Å². The summed E-state index contributed by atoms with van der Waals surface area (Å²) < 4.78 is 26.9. The fourth-order valence-corrected chi connectivity index (χ4v) is 1.55. The first-order valence-corrected chi connectivity index (χ1v) is 4.35. The van der Waals surface area contributed by atoms with Crippen LogP contribution in [0, 0.1) is 5.82 Å². The van der Waals surface area contributed by atoms with E-state index in [9.17, 15) is 8.78 Å². The molecule has 1 saturated heterocycles. The van der Waals surface area contributed by atoms with Crippen molar-refractivity contribution in [2.24, 2.45) is 0 Å². The van der Waals surface area contributed by atoms with Gasteiger partial charge < -0.3 is 5.32 Å². The van der Waals surface area contributed by atoms with Crippen LogP contribution in [0.3, 0.4) is 0 Å². The first kappa shape index (κ1) is 8.91. The summed E-state index contributed by atoms with van der Waals surface area (Å²) in [6.07, 6.45) is 0. The molecule has 0 unspecified atom stereocenters. The lowest BCUT2D eigenvalue weighted by atomic mass is 9.90. The molecule has 2 rings (SSSR count). The molecule has 0 saturated carbocycles. The number of hydrogen-bond donors (Lipinski definition) is 1. The van der Waals surface area contributed by atoms with Crippen LogP contribution >= 0.6 is 11.6 Å². The van der Waals surface area contributed by atoms with Crippen molar-refractivity contribution in [3.05, 3.63) is 34.6 Å². The molecule has 4 heteroatoms. The molecule has 1 aromatic rings. The highest BCUT2D eigenvalue weighted by Gasteiger charge is 2.40. The van der Waals surface area contributed by atoms with E-state index in [2.05, 4.69) is 5.32 Å². The normalized spacial score (nSPS) is 19.6. The fraction of sp³-hybridized carbons (Fsp3) is 0.333. The largest absolute Gasteiger partial charge is 0.310 e. The van der Waals surface area contributed by atoms with Crippen LogP contribution in [0.15, 0.2) is 18.2 Å². The predicted octanol–water partition coefficient (Wildman–Crippen LogP) is 2.25. The third-order valence-electron chi connectivity index (χ3n) is 2.22. The maximum absolute atomic E-state index is 13.7. The number of rotatable bonds is 1. The summed E-state index contributed by atoms with van der Waals surface area (Å²) in [7, 11) is 0. The van der Waals surface area contributed by atoms with Gasteiger partial charge in [0, 0.05) is 23.7 Å². The zero-order chi connectivity index (χ0) is 9.47. The summed E-state index contributed by atoms with van der Waals surface area (Å²) in [5.74, 6) is -0.573. The van der Waals surface area contributed by atoms with Gasteiger partial charge in [0.25, 0.3) is 0 Å². The van der Waals surface area contributed by atoms with E-state index in [1.54, 1.807) is 0 Å². The minimum atomic E-state index is -1.55. The lowest BCUT2D eigenvalue weighted by Gasteiger charge is -2.35. The Morgan fingerprint density at radius 3 is 2.54 bits per heavy atom. The highest BCUT2D eigenvalue weighted by atomic mass is 35.5. The fourth-order valence-electron chi connectivity index (χ4n) is 1.39. The molecule has 1 nitrogen and oxygen atoms in total. The Morgan fingerprint density at radius 2 is 2.08 bits per heavy atom. The van der Waals surface area contributed by atoms with Crippen LogP contribution in [-0.4, -0.2) is 13.1 Å². The van der Waals surface area contributed by atoms with Crippen LogP contribution in [0.2, 0.25) is 5.02 Å². The van der Waals surface area contributed by atoms with Crippen LogP contribution in [0.25, 0.3) is 0 Å². The molecule has 70 valence electrons. The average molecular weight is 204 g/mol. The van der Waals surface area contributed by atoms with Gasteiger partial charge in [-0.25, -0.2) is 8.78 Å². The maximum Gasteiger partial charge on any atom is 0.163 e. The van der Waals surface area contributed by atoms with Crippen molar-refractivity contribution in [2.45, 2.75) is 5.67 Å². The predicted molar refractivity (Wildman–Crippen MR) is 47.1 cm³/mol. The van der Waals surface area contributed by atoms with E-state index in [-0.39, 0.29) is 23.7 Å². The third kappa shape index (κ3) is 1.42. The molecule has 0 aliphatic carbocycles. The van der Waals surface area contributed by atoms with Crippen LogP contribution in [0.4, 0.5) is 8.78 Å². The van der Waals surface area contributed by atoms with E-state index in [1.165, 1.54) is 12.1 Å². The minimum Gasteiger partial charge on any atom is -0.310 e. The number of nitrogens with one attached hydrogen (secondary N) is 1. The first-order valence-electron chi connectivity index (χ1n) is 3.97. The Kier molecular flexibility index (Phi) is 2.00. The number of alkyl halides is 1. The first-order chi connectivity index (χ1) is 6.12.